The van der Waals surface area contributed by atoms with Crippen LogP contribution in [0.4, 0.5) is 10.5 Å². The van der Waals surface area contributed by atoms with Crippen LogP contribution in [0.25, 0.3) is 0 Å². The molecule has 1 aliphatic heterocycles. The molecule has 0 N–H and O–H groups in total. The van der Waals surface area contributed by atoms with Crippen molar-refractivity contribution in [2.45, 2.75) is 12.5 Å². The summed E-state index contributed by atoms with van der Waals surface area (Å²) in [6.07, 6.45) is 0.826. The SMILES string of the molecule is CN1CC(CCCl)N(c2ccccc2)C1=O. The van der Waals surface area contributed by atoms with Crippen molar-refractivity contribution in [3.63, 3.8) is 0 Å². The average molecular weight is 239 g/mol. The van der Waals surface area contributed by atoms with Crippen LogP contribution in [0.3, 0.4) is 0 Å². The number of alkyl halides is 1. The van der Waals surface area contributed by atoms with Crippen LogP contribution in [0.15, 0.2) is 30.3 Å². The van der Waals surface area contributed by atoms with Gasteiger partial charge in [-0.2, -0.15) is 0 Å². The molecule has 1 aromatic carbocycles. The molecular weight excluding hydrogens is 224 g/mol. The summed E-state index contributed by atoms with van der Waals surface area (Å²) in [5.74, 6) is 0.578. The number of carbonyl (C=O) groups excluding carboxylic acids is 1. The molecule has 1 fully saturated rings. The maximum Gasteiger partial charge on any atom is 0.324 e. The molecule has 1 atom stereocenters. The molecule has 0 radical (unpaired) electrons. The van der Waals surface area contributed by atoms with Gasteiger partial charge in [-0.3, -0.25) is 4.90 Å². The van der Waals surface area contributed by atoms with Gasteiger partial charge in [-0.05, 0) is 18.6 Å². The van der Waals surface area contributed by atoms with E-state index in [1.807, 2.05) is 42.3 Å². The van der Waals surface area contributed by atoms with Crippen molar-refractivity contribution in [3.05, 3.63) is 30.3 Å². The van der Waals surface area contributed by atoms with E-state index in [0.717, 1.165) is 18.7 Å². The fourth-order valence-corrected chi connectivity index (χ4v) is 2.32. The highest BCUT2D eigenvalue weighted by Crippen LogP contribution is 2.25. The number of urea groups is 1. The first-order valence-electron chi connectivity index (χ1n) is 5.39. The Hall–Kier alpha value is -1.22. The Morgan fingerprint density at radius 3 is 2.69 bits per heavy atom. The van der Waals surface area contributed by atoms with Gasteiger partial charge in [0.1, 0.15) is 0 Å². The smallest absolute Gasteiger partial charge is 0.324 e. The molecule has 2 amide bonds. The first-order chi connectivity index (χ1) is 7.74. The van der Waals surface area contributed by atoms with Gasteiger partial charge in [0.15, 0.2) is 0 Å². The van der Waals surface area contributed by atoms with Crippen molar-refractivity contribution in [2.75, 3.05) is 24.4 Å². The lowest BCUT2D eigenvalue weighted by Gasteiger charge is -2.22. The number of hydrogen-bond acceptors (Lipinski definition) is 1. The summed E-state index contributed by atoms with van der Waals surface area (Å²) in [4.78, 5) is 15.6. The van der Waals surface area contributed by atoms with Crippen molar-refractivity contribution in [3.8, 4) is 0 Å². The molecular formula is C12H15ClN2O. The first-order valence-corrected chi connectivity index (χ1v) is 5.93. The molecule has 0 saturated carbocycles. The number of carbonyl (C=O) groups is 1. The number of para-hydroxylation sites is 1. The lowest BCUT2D eigenvalue weighted by atomic mass is 10.2. The zero-order valence-electron chi connectivity index (χ0n) is 9.27. The van der Waals surface area contributed by atoms with Gasteiger partial charge in [-0.1, -0.05) is 18.2 Å². The van der Waals surface area contributed by atoms with E-state index in [0.29, 0.717) is 5.88 Å². The van der Waals surface area contributed by atoms with Crippen molar-refractivity contribution in [2.24, 2.45) is 0 Å². The maximum atomic E-state index is 12.0. The Balaban J connectivity index is 2.26. The van der Waals surface area contributed by atoms with Crippen LogP contribution in [0.2, 0.25) is 0 Å². The summed E-state index contributed by atoms with van der Waals surface area (Å²) in [5, 5.41) is 0. The lowest BCUT2D eigenvalue weighted by Crippen LogP contribution is -2.34. The standard InChI is InChI=1S/C12H15ClN2O/c1-14-9-11(7-8-13)15(12(14)16)10-5-3-2-4-6-10/h2-6,11H,7-9H2,1H3. The number of likely N-dealkylation sites (N-methyl/N-ethyl adjacent to an activating group) is 1. The van der Waals surface area contributed by atoms with Crippen molar-refractivity contribution in [1.29, 1.82) is 0 Å². The highest BCUT2D eigenvalue weighted by molar-refractivity contribution is 6.18. The molecule has 2 rings (SSSR count). The molecule has 1 aromatic rings. The third kappa shape index (κ3) is 2.00. The average Bonchev–Trinajstić information content (AvgIpc) is 2.57. The second kappa shape index (κ2) is 4.74. The fraction of sp³-hybridized carbons (Fsp3) is 0.417. The van der Waals surface area contributed by atoms with Gasteiger partial charge in [0.05, 0.1) is 6.04 Å². The van der Waals surface area contributed by atoms with E-state index >= 15 is 0 Å². The normalized spacial score (nSPS) is 20.6. The Morgan fingerprint density at radius 2 is 2.06 bits per heavy atom. The third-order valence-electron chi connectivity index (χ3n) is 2.86. The van der Waals surface area contributed by atoms with Gasteiger partial charge >= 0.3 is 6.03 Å². The Bertz CT molecular complexity index is 369. The second-order valence-corrected chi connectivity index (χ2v) is 4.38. The quantitative estimate of drug-likeness (QED) is 0.743. The molecule has 1 saturated heterocycles. The van der Waals surface area contributed by atoms with E-state index in [2.05, 4.69) is 0 Å². The van der Waals surface area contributed by atoms with E-state index in [1.54, 1.807) is 4.90 Å². The van der Waals surface area contributed by atoms with Gasteiger partial charge in [-0.25, -0.2) is 4.79 Å². The molecule has 0 aromatic heterocycles. The summed E-state index contributed by atoms with van der Waals surface area (Å²) in [6, 6.07) is 10.00. The number of anilines is 1. The predicted molar refractivity (Wildman–Crippen MR) is 66.1 cm³/mol. The van der Waals surface area contributed by atoms with E-state index in [9.17, 15) is 4.79 Å². The summed E-state index contributed by atoms with van der Waals surface area (Å²) in [7, 11) is 1.83. The van der Waals surface area contributed by atoms with Gasteiger partial charge in [0, 0.05) is 25.2 Å². The molecule has 4 heteroatoms. The Kier molecular flexibility index (Phi) is 3.34. The van der Waals surface area contributed by atoms with E-state index in [1.165, 1.54) is 0 Å². The van der Waals surface area contributed by atoms with Crippen LogP contribution in [0, 0.1) is 0 Å². The van der Waals surface area contributed by atoms with E-state index in [4.69, 9.17) is 11.6 Å². The first kappa shape index (κ1) is 11.3. The molecule has 1 unspecified atom stereocenters. The van der Waals surface area contributed by atoms with Crippen molar-refractivity contribution < 1.29 is 4.79 Å². The Labute approximate surface area is 101 Å². The van der Waals surface area contributed by atoms with Crippen molar-refractivity contribution in [1.82, 2.24) is 4.90 Å². The topological polar surface area (TPSA) is 23.6 Å². The van der Waals surface area contributed by atoms with Crippen LogP contribution in [0.5, 0.6) is 0 Å². The summed E-state index contributed by atoms with van der Waals surface area (Å²) >= 11 is 5.77. The number of rotatable bonds is 3. The predicted octanol–water partition coefficient (Wildman–Crippen LogP) is 2.56. The van der Waals surface area contributed by atoms with Crippen LogP contribution < -0.4 is 4.90 Å². The minimum atomic E-state index is 0.0568. The van der Waals surface area contributed by atoms with E-state index in [-0.39, 0.29) is 12.1 Å². The summed E-state index contributed by atoms with van der Waals surface area (Å²) in [6.45, 7) is 0.750. The van der Waals surface area contributed by atoms with E-state index < -0.39 is 0 Å². The fourth-order valence-electron chi connectivity index (χ4n) is 2.07. The van der Waals surface area contributed by atoms with Crippen molar-refractivity contribution >= 4 is 23.3 Å². The Morgan fingerprint density at radius 1 is 1.38 bits per heavy atom. The van der Waals surface area contributed by atoms with Gasteiger partial charge in [0.25, 0.3) is 0 Å². The number of hydrogen-bond donors (Lipinski definition) is 0. The van der Waals surface area contributed by atoms with Gasteiger partial charge < -0.3 is 4.90 Å². The highest BCUT2D eigenvalue weighted by Gasteiger charge is 2.35. The van der Waals surface area contributed by atoms with Crippen LogP contribution in [-0.4, -0.2) is 36.4 Å². The highest BCUT2D eigenvalue weighted by atomic mass is 35.5. The number of amides is 2. The molecule has 3 nitrogen and oxygen atoms in total. The largest absolute Gasteiger partial charge is 0.325 e. The monoisotopic (exact) mass is 238 g/mol. The molecule has 16 heavy (non-hydrogen) atoms. The second-order valence-electron chi connectivity index (χ2n) is 4.00. The molecule has 1 heterocycles. The molecule has 0 spiro atoms. The summed E-state index contributed by atoms with van der Waals surface area (Å²) in [5.41, 5.74) is 0.951. The number of benzene rings is 1. The maximum absolute atomic E-state index is 12.0. The van der Waals surface area contributed by atoms with Crippen LogP contribution >= 0.6 is 11.6 Å². The van der Waals surface area contributed by atoms with Crippen LogP contribution in [0.1, 0.15) is 6.42 Å². The van der Waals surface area contributed by atoms with Gasteiger partial charge in [-0.15, -0.1) is 11.6 Å². The minimum absolute atomic E-state index is 0.0568. The van der Waals surface area contributed by atoms with Gasteiger partial charge in [0.2, 0.25) is 0 Å². The molecule has 0 aliphatic carbocycles. The molecule has 0 bridgehead atoms. The molecule has 86 valence electrons. The third-order valence-corrected chi connectivity index (χ3v) is 3.08. The number of nitrogens with zero attached hydrogens (tertiary/aromatic N) is 2. The summed E-state index contributed by atoms with van der Waals surface area (Å²) < 4.78 is 0. The number of halogens is 1. The zero-order valence-corrected chi connectivity index (χ0v) is 10.0. The lowest BCUT2D eigenvalue weighted by molar-refractivity contribution is 0.229. The zero-order chi connectivity index (χ0) is 11.5. The molecule has 1 aliphatic rings. The van der Waals surface area contributed by atoms with Crippen LogP contribution in [-0.2, 0) is 0 Å². The minimum Gasteiger partial charge on any atom is -0.325 e.